The molecule has 1 fully saturated rings. The van der Waals surface area contributed by atoms with E-state index in [1.165, 1.54) is 6.07 Å². The molecule has 19 heavy (non-hydrogen) atoms. The SMILES string of the molecule is Cc1cc(Cl)c(CN(C)CC2CNCCO2)cc1F. The molecule has 1 N–H and O–H groups in total. The Labute approximate surface area is 118 Å². The van der Waals surface area contributed by atoms with Gasteiger partial charge in [0.2, 0.25) is 0 Å². The first kappa shape index (κ1) is 14.7. The van der Waals surface area contributed by atoms with Crippen LogP contribution < -0.4 is 5.32 Å². The van der Waals surface area contributed by atoms with Crippen molar-refractivity contribution in [3.05, 3.63) is 34.1 Å². The fourth-order valence-corrected chi connectivity index (χ4v) is 2.53. The summed E-state index contributed by atoms with van der Waals surface area (Å²) in [6.07, 6.45) is 0.188. The van der Waals surface area contributed by atoms with E-state index >= 15 is 0 Å². The molecule has 0 saturated carbocycles. The van der Waals surface area contributed by atoms with Gasteiger partial charge in [-0.2, -0.15) is 0 Å². The Morgan fingerprint density at radius 3 is 3.00 bits per heavy atom. The van der Waals surface area contributed by atoms with Gasteiger partial charge in [-0.25, -0.2) is 4.39 Å². The van der Waals surface area contributed by atoms with Crippen molar-refractivity contribution < 1.29 is 9.13 Å². The van der Waals surface area contributed by atoms with Crippen molar-refractivity contribution in [1.29, 1.82) is 0 Å². The number of morpholine rings is 1. The van der Waals surface area contributed by atoms with E-state index in [4.69, 9.17) is 16.3 Å². The van der Waals surface area contributed by atoms with E-state index in [9.17, 15) is 4.39 Å². The number of likely N-dealkylation sites (N-methyl/N-ethyl adjacent to an activating group) is 1. The highest BCUT2D eigenvalue weighted by Gasteiger charge is 2.16. The first-order valence-electron chi connectivity index (χ1n) is 6.51. The minimum atomic E-state index is -0.205. The largest absolute Gasteiger partial charge is 0.374 e. The number of benzene rings is 1. The Bertz CT molecular complexity index is 436. The number of nitrogens with one attached hydrogen (secondary N) is 1. The van der Waals surface area contributed by atoms with E-state index in [1.807, 2.05) is 7.05 Å². The Morgan fingerprint density at radius 1 is 1.53 bits per heavy atom. The van der Waals surface area contributed by atoms with Crippen LogP contribution in [0.4, 0.5) is 4.39 Å². The van der Waals surface area contributed by atoms with E-state index in [0.717, 1.165) is 31.8 Å². The van der Waals surface area contributed by atoms with Gasteiger partial charge in [-0.05, 0) is 37.2 Å². The van der Waals surface area contributed by atoms with E-state index in [1.54, 1.807) is 13.0 Å². The maximum atomic E-state index is 13.6. The monoisotopic (exact) mass is 286 g/mol. The first-order valence-corrected chi connectivity index (χ1v) is 6.89. The molecule has 0 bridgehead atoms. The molecule has 1 aromatic carbocycles. The maximum Gasteiger partial charge on any atom is 0.126 e. The number of ether oxygens (including phenoxy) is 1. The summed E-state index contributed by atoms with van der Waals surface area (Å²) in [5.74, 6) is -0.205. The maximum absolute atomic E-state index is 13.6. The van der Waals surface area contributed by atoms with Crippen LogP contribution in [0.25, 0.3) is 0 Å². The van der Waals surface area contributed by atoms with Crippen molar-refractivity contribution in [2.75, 3.05) is 33.3 Å². The number of hydrogen-bond acceptors (Lipinski definition) is 3. The summed E-state index contributed by atoms with van der Waals surface area (Å²) >= 11 is 6.15. The van der Waals surface area contributed by atoms with Crippen molar-refractivity contribution in [1.82, 2.24) is 10.2 Å². The second-order valence-corrected chi connectivity index (χ2v) is 5.49. The summed E-state index contributed by atoms with van der Waals surface area (Å²) in [4.78, 5) is 2.10. The second kappa shape index (κ2) is 6.66. The molecule has 0 aliphatic carbocycles. The van der Waals surface area contributed by atoms with Crippen LogP contribution in [0.5, 0.6) is 0 Å². The molecule has 1 atom stereocenters. The topological polar surface area (TPSA) is 24.5 Å². The molecule has 106 valence electrons. The van der Waals surface area contributed by atoms with Crippen LogP contribution in [0, 0.1) is 12.7 Å². The second-order valence-electron chi connectivity index (χ2n) is 5.09. The number of aryl methyl sites for hydroxylation is 1. The third-order valence-electron chi connectivity index (χ3n) is 3.29. The Kier molecular flexibility index (Phi) is 5.16. The lowest BCUT2D eigenvalue weighted by molar-refractivity contribution is 0.00884. The van der Waals surface area contributed by atoms with Crippen molar-refractivity contribution in [2.45, 2.75) is 19.6 Å². The van der Waals surface area contributed by atoms with Crippen molar-refractivity contribution in [2.24, 2.45) is 0 Å². The average molecular weight is 287 g/mol. The van der Waals surface area contributed by atoms with Crippen molar-refractivity contribution in [3.8, 4) is 0 Å². The van der Waals surface area contributed by atoms with Gasteiger partial charge >= 0.3 is 0 Å². The summed E-state index contributed by atoms with van der Waals surface area (Å²) < 4.78 is 19.2. The molecular weight excluding hydrogens is 267 g/mol. The molecule has 0 spiro atoms. The van der Waals surface area contributed by atoms with Gasteiger partial charge in [0.25, 0.3) is 0 Å². The molecule has 1 aromatic rings. The van der Waals surface area contributed by atoms with Crippen molar-refractivity contribution in [3.63, 3.8) is 0 Å². The van der Waals surface area contributed by atoms with Crippen LogP contribution in [-0.2, 0) is 11.3 Å². The molecule has 1 saturated heterocycles. The summed E-state index contributed by atoms with van der Waals surface area (Å²) in [5, 5.41) is 3.91. The number of nitrogens with zero attached hydrogens (tertiary/aromatic N) is 1. The fourth-order valence-electron chi connectivity index (χ4n) is 2.25. The molecule has 1 heterocycles. The average Bonchev–Trinajstić information content (AvgIpc) is 2.37. The van der Waals surface area contributed by atoms with Gasteiger partial charge < -0.3 is 10.1 Å². The summed E-state index contributed by atoms with van der Waals surface area (Å²) in [7, 11) is 1.99. The predicted molar refractivity (Wildman–Crippen MR) is 75.1 cm³/mol. The van der Waals surface area contributed by atoms with Gasteiger partial charge in [-0.1, -0.05) is 11.6 Å². The van der Waals surface area contributed by atoms with Crippen LogP contribution in [0.3, 0.4) is 0 Å². The quantitative estimate of drug-likeness (QED) is 0.918. The zero-order valence-corrected chi connectivity index (χ0v) is 12.1. The molecule has 0 aromatic heterocycles. The highest BCUT2D eigenvalue weighted by atomic mass is 35.5. The zero-order valence-electron chi connectivity index (χ0n) is 11.4. The highest BCUT2D eigenvalue weighted by molar-refractivity contribution is 6.31. The third-order valence-corrected chi connectivity index (χ3v) is 3.64. The fraction of sp³-hybridized carbons (Fsp3) is 0.571. The first-order chi connectivity index (χ1) is 9.06. The predicted octanol–water partition coefficient (Wildman–Crippen LogP) is 2.21. The van der Waals surface area contributed by atoms with Gasteiger partial charge in [0.05, 0.1) is 12.7 Å². The molecule has 1 aliphatic rings. The zero-order chi connectivity index (χ0) is 13.8. The number of halogens is 2. The lowest BCUT2D eigenvalue weighted by atomic mass is 10.1. The molecule has 0 amide bonds. The lowest BCUT2D eigenvalue weighted by Gasteiger charge is -2.28. The smallest absolute Gasteiger partial charge is 0.126 e. The standard InChI is InChI=1S/C14H20ClFN2O/c1-10-5-13(15)11(6-14(10)16)8-18(2)9-12-7-17-3-4-19-12/h5-6,12,17H,3-4,7-9H2,1-2H3. The van der Waals surface area contributed by atoms with E-state index < -0.39 is 0 Å². The molecule has 1 unspecified atom stereocenters. The molecule has 5 heteroatoms. The number of rotatable bonds is 4. The molecular formula is C14H20ClFN2O. The van der Waals surface area contributed by atoms with E-state index in [0.29, 0.717) is 17.1 Å². The molecule has 2 rings (SSSR count). The van der Waals surface area contributed by atoms with Gasteiger partial charge in [-0.15, -0.1) is 0 Å². The van der Waals surface area contributed by atoms with Gasteiger partial charge in [0.1, 0.15) is 5.82 Å². The summed E-state index contributed by atoms with van der Waals surface area (Å²) in [6.45, 7) is 5.67. The van der Waals surface area contributed by atoms with E-state index in [-0.39, 0.29) is 11.9 Å². The van der Waals surface area contributed by atoms with Crippen LogP contribution in [0.1, 0.15) is 11.1 Å². The molecule has 1 aliphatic heterocycles. The Balaban J connectivity index is 1.94. The van der Waals surface area contributed by atoms with E-state index in [2.05, 4.69) is 10.2 Å². The Hall–Kier alpha value is -0.680. The molecule has 3 nitrogen and oxygen atoms in total. The van der Waals surface area contributed by atoms with Crippen LogP contribution in [0.2, 0.25) is 5.02 Å². The van der Waals surface area contributed by atoms with Crippen LogP contribution in [-0.4, -0.2) is 44.3 Å². The third kappa shape index (κ3) is 4.14. The summed E-state index contributed by atoms with van der Waals surface area (Å²) in [6, 6.07) is 3.20. The minimum Gasteiger partial charge on any atom is -0.374 e. The highest BCUT2D eigenvalue weighted by Crippen LogP contribution is 2.21. The van der Waals surface area contributed by atoms with Gasteiger partial charge in [-0.3, -0.25) is 4.90 Å². The molecule has 0 radical (unpaired) electrons. The van der Waals surface area contributed by atoms with Crippen molar-refractivity contribution >= 4 is 11.6 Å². The lowest BCUT2D eigenvalue weighted by Crippen LogP contribution is -2.44. The van der Waals surface area contributed by atoms with Gasteiger partial charge in [0, 0.05) is 31.2 Å². The normalized spacial score (nSPS) is 19.9. The number of hydrogen-bond donors (Lipinski definition) is 1. The van der Waals surface area contributed by atoms with Crippen LogP contribution in [0.15, 0.2) is 12.1 Å². The summed E-state index contributed by atoms with van der Waals surface area (Å²) in [5.41, 5.74) is 1.40. The Morgan fingerprint density at radius 2 is 2.32 bits per heavy atom. The minimum absolute atomic E-state index is 0.188. The van der Waals surface area contributed by atoms with Gasteiger partial charge in [0.15, 0.2) is 0 Å². The van der Waals surface area contributed by atoms with Crippen LogP contribution >= 0.6 is 11.6 Å².